The molecule has 0 saturated heterocycles. The van der Waals surface area contributed by atoms with Crippen LogP contribution in [0.15, 0.2) is 30.6 Å². The Morgan fingerprint density at radius 1 is 1.25 bits per heavy atom. The van der Waals surface area contributed by atoms with Crippen LogP contribution in [0.2, 0.25) is 0 Å². The summed E-state index contributed by atoms with van der Waals surface area (Å²) in [7, 11) is 0. The van der Waals surface area contributed by atoms with Gasteiger partial charge >= 0.3 is 0 Å². The third-order valence-corrected chi connectivity index (χ3v) is 3.71. The third-order valence-electron chi connectivity index (χ3n) is 3.71. The number of nitrogens with zero attached hydrogens (tertiary/aromatic N) is 3. The largest absolute Gasteiger partial charge is 0.330 e. The molecular weight excluding hydrogens is 248 g/mol. The Morgan fingerprint density at radius 3 is 2.75 bits per heavy atom. The van der Waals surface area contributed by atoms with Gasteiger partial charge in [0.25, 0.3) is 0 Å². The molecule has 2 N–H and O–H groups in total. The fourth-order valence-corrected chi connectivity index (χ4v) is 2.49. The first-order valence-electron chi connectivity index (χ1n) is 7.35. The summed E-state index contributed by atoms with van der Waals surface area (Å²) >= 11 is 0. The second kappa shape index (κ2) is 7.20. The summed E-state index contributed by atoms with van der Waals surface area (Å²) in [5.74, 6) is 1.46. The smallest absolute Gasteiger partial charge is 0.138 e. The van der Waals surface area contributed by atoms with Gasteiger partial charge in [0.1, 0.15) is 12.2 Å². The number of hydrogen-bond acceptors (Lipinski definition) is 3. The van der Waals surface area contributed by atoms with E-state index in [1.165, 1.54) is 11.1 Å². The molecule has 0 saturated carbocycles. The molecular formula is C16H24N4. The fourth-order valence-electron chi connectivity index (χ4n) is 2.49. The predicted octanol–water partition coefficient (Wildman–Crippen LogP) is 2.36. The van der Waals surface area contributed by atoms with Crippen LogP contribution in [0.3, 0.4) is 0 Å². The predicted molar refractivity (Wildman–Crippen MR) is 81.4 cm³/mol. The molecule has 0 spiro atoms. The van der Waals surface area contributed by atoms with Gasteiger partial charge in [-0.3, -0.25) is 4.68 Å². The van der Waals surface area contributed by atoms with Crippen molar-refractivity contribution >= 4 is 0 Å². The first-order valence-corrected chi connectivity index (χ1v) is 7.35. The topological polar surface area (TPSA) is 56.7 Å². The normalized spacial score (nSPS) is 12.6. The van der Waals surface area contributed by atoms with Crippen LogP contribution in [0.4, 0.5) is 0 Å². The first-order chi connectivity index (χ1) is 9.74. The summed E-state index contributed by atoms with van der Waals surface area (Å²) in [6, 6.07) is 8.51. The van der Waals surface area contributed by atoms with Crippen molar-refractivity contribution in [3.63, 3.8) is 0 Å². The number of rotatable bonds is 7. The van der Waals surface area contributed by atoms with Crippen LogP contribution in [-0.4, -0.2) is 21.3 Å². The average Bonchev–Trinajstić information content (AvgIpc) is 2.88. The summed E-state index contributed by atoms with van der Waals surface area (Å²) < 4.78 is 2.00. The lowest BCUT2D eigenvalue weighted by Crippen LogP contribution is -2.22. The highest BCUT2D eigenvalue weighted by molar-refractivity contribution is 5.26. The van der Waals surface area contributed by atoms with Gasteiger partial charge < -0.3 is 5.73 Å². The van der Waals surface area contributed by atoms with Gasteiger partial charge in [0.05, 0.1) is 0 Å². The molecule has 1 heterocycles. The van der Waals surface area contributed by atoms with Crippen molar-refractivity contribution in [2.45, 2.75) is 39.7 Å². The molecule has 1 aromatic heterocycles. The van der Waals surface area contributed by atoms with Crippen LogP contribution < -0.4 is 5.73 Å². The Hall–Kier alpha value is -1.68. The number of aromatic nitrogens is 3. The number of aryl methyl sites for hydroxylation is 2. The van der Waals surface area contributed by atoms with Crippen LogP contribution in [0.25, 0.3) is 0 Å². The lowest BCUT2D eigenvalue weighted by molar-refractivity contribution is 0.482. The average molecular weight is 272 g/mol. The van der Waals surface area contributed by atoms with Gasteiger partial charge in [0.2, 0.25) is 0 Å². The molecule has 0 bridgehead atoms. The van der Waals surface area contributed by atoms with E-state index >= 15 is 0 Å². The molecule has 0 aliphatic heterocycles. The Bertz CT molecular complexity index is 533. The molecule has 108 valence electrons. The molecule has 1 atom stereocenters. The highest BCUT2D eigenvalue weighted by atomic mass is 15.3. The highest BCUT2D eigenvalue weighted by Gasteiger charge is 2.14. The fraction of sp³-hybridized carbons (Fsp3) is 0.500. The van der Waals surface area contributed by atoms with E-state index in [4.69, 9.17) is 5.73 Å². The van der Waals surface area contributed by atoms with Crippen LogP contribution in [0.5, 0.6) is 0 Å². The standard InChI is InChI=1S/C16H24N4/c1-3-8-20-16(18-12-19-20)10-14(11-17)9-15-7-5-4-6-13(15)2/h4-7,12,14H,3,8-11,17H2,1-2H3. The monoisotopic (exact) mass is 272 g/mol. The SMILES string of the molecule is CCCn1ncnc1CC(CN)Cc1ccccc1C. The molecule has 4 heteroatoms. The molecule has 1 aromatic carbocycles. The van der Waals surface area contributed by atoms with Gasteiger partial charge in [-0.2, -0.15) is 5.10 Å². The van der Waals surface area contributed by atoms with Crippen molar-refractivity contribution < 1.29 is 0 Å². The Labute approximate surface area is 121 Å². The summed E-state index contributed by atoms with van der Waals surface area (Å²) in [5, 5.41) is 4.28. The van der Waals surface area contributed by atoms with Crippen LogP contribution >= 0.6 is 0 Å². The van der Waals surface area contributed by atoms with Gasteiger partial charge in [-0.15, -0.1) is 0 Å². The van der Waals surface area contributed by atoms with Crippen molar-refractivity contribution in [1.29, 1.82) is 0 Å². The molecule has 0 fully saturated rings. The Balaban J connectivity index is 2.05. The van der Waals surface area contributed by atoms with Crippen molar-refractivity contribution in [1.82, 2.24) is 14.8 Å². The number of nitrogens with two attached hydrogens (primary N) is 1. The van der Waals surface area contributed by atoms with E-state index in [0.717, 1.165) is 31.6 Å². The second-order valence-electron chi connectivity index (χ2n) is 5.34. The summed E-state index contributed by atoms with van der Waals surface area (Å²) in [6.45, 7) is 5.91. The molecule has 0 aliphatic rings. The van der Waals surface area contributed by atoms with Crippen molar-refractivity contribution in [2.24, 2.45) is 11.7 Å². The van der Waals surface area contributed by atoms with E-state index in [9.17, 15) is 0 Å². The second-order valence-corrected chi connectivity index (χ2v) is 5.34. The zero-order valence-electron chi connectivity index (χ0n) is 12.4. The first kappa shape index (κ1) is 14.7. The molecule has 1 unspecified atom stereocenters. The Kier molecular flexibility index (Phi) is 5.30. The lowest BCUT2D eigenvalue weighted by Gasteiger charge is -2.16. The zero-order chi connectivity index (χ0) is 14.4. The molecule has 0 radical (unpaired) electrons. The summed E-state index contributed by atoms with van der Waals surface area (Å²) in [5.41, 5.74) is 8.67. The third kappa shape index (κ3) is 3.67. The maximum absolute atomic E-state index is 5.95. The van der Waals surface area contributed by atoms with E-state index in [1.807, 2.05) is 4.68 Å². The van der Waals surface area contributed by atoms with Gasteiger partial charge in [0.15, 0.2) is 0 Å². The van der Waals surface area contributed by atoms with E-state index in [-0.39, 0.29) is 0 Å². The zero-order valence-corrected chi connectivity index (χ0v) is 12.4. The van der Waals surface area contributed by atoms with E-state index in [0.29, 0.717) is 12.5 Å². The molecule has 2 rings (SSSR count). The van der Waals surface area contributed by atoms with Crippen LogP contribution in [0, 0.1) is 12.8 Å². The van der Waals surface area contributed by atoms with E-state index < -0.39 is 0 Å². The molecule has 2 aromatic rings. The molecule has 0 amide bonds. The van der Waals surface area contributed by atoms with Gasteiger partial charge in [-0.05, 0) is 43.4 Å². The van der Waals surface area contributed by atoms with Gasteiger partial charge in [-0.25, -0.2) is 4.98 Å². The number of benzene rings is 1. The van der Waals surface area contributed by atoms with Gasteiger partial charge in [-0.1, -0.05) is 31.2 Å². The maximum atomic E-state index is 5.95. The number of hydrogen-bond donors (Lipinski definition) is 1. The lowest BCUT2D eigenvalue weighted by atomic mass is 9.93. The molecule has 20 heavy (non-hydrogen) atoms. The van der Waals surface area contributed by atoms with Crippen molar-refractivity contribution in [3.05, 3.63) is 47.5 Å². The van der Waals surface area contributed by atoms with E-state index in [2.05, 4.69) is 48.2 Å². The van der Waals surface area contributed by atoms with Crippen molar-refractivity contribution in [3.8, 4) is 0 Å². The Morgan fingerprint density at radius 2 is 2.05 bits per heavy atom. The molecule has 4 nitrogen and oxygen atoms in total. The quantitative estimate of drug-likeness (QED) is 0.841. The maximum Gasteiger partial charge on any atom is 0.138 e. The minimum absolute atomic E-state index is 0.413. The highest BCUT2D eigenvalue weighted by Crippen LogP contribution is 2.16. The van der Waals surface area contributed by atoms with E-state index in [1.54, 1.807) is 6.33 Å². The van der Waals surface area contributed by atoms with Crippen molar-refractivity contribution in [2.75, 3.05) is 6.54 Å². The minimum atomic E-state index is 0.413. The van der Waals surface area contributed by atoms with Gasteiger partial charge in [0, 0.05) is 13.0 Å². The summed E-state index contributed by atoms with van der Waals surface area (Å²) in [4.78, 5) is 4.38. The van der Waals surface area contributed by atoms with Crippen LogP contribution in [-0.2, 0) is 19.4 Å². The summed E-state index contributed by atoms with van der Waals surface area (Å²) in [6.07, 6.45) is 4.61. The minimum Gasteiger partial charge on any atom is -0.330 e. The molecule has 0 aliphatic carbocycles. The van der Waals surface area contributed by atoms with Crippen LogP contribution in [0.1, 0.15) is 30.3 Å².